The molecule has 0 aromatic heterocycles. The van der Waals surface area contributed by atoms with E-state index < -0.39 is 0 Å². The number of ether oxygens (including phenoxy) is 1. The van der Waals surface area contributed by atoms with E-state index in [9.17, 15) is 0 Å². The van der Waals surface area contributed by atoms with Gasteiger partial charge in [-0.1, -0.05) is 6.92 Å². The first-order valence-electron chi connectivity index (χ1n) is 5.02. The summed E-state index contributed by atoms with van der Waals surface area (Å²) < 4.78 is 5.69. The van der Waals surface area contributed by atoms with Crippen molar-refractivity contribution in [2.24, 2.45) is 0 Å². The monoisotopic (exact) mass is 192 g/mol. The third-order valence-corrected chi connectivity index (χ3v) is 2.45. The van der Waals surface area contributed by atoms with Crippen LogP contribution in [0.2, 0.25) is 0 Å². The third-order valence-electron chi connectivity index (χ3n) is 2.45. The summed E-state index contributed by atoms with van der Waals surface area (Å²) in [6.07, 6.45) is 0.948. The summed E-state index contributed by atoms with van der Waals surface area (Å²) in [5, 5.41) is 3.37. The van der Waals surface area contributed by atoms with Gasteiger partial charge in [0.05, 0.1) is 11.7 Å². The molecule has 0 fully saturated rings. The molecule has 1 aliphatic heterocycles. The predicted molar refractivity (Wildman–Crippen MR) is 58.8 cm³/mol. The van der Waals surface area contributed by atoms with Gasteiger partial charge in [-0.2, -0.15) is 0 Å². The van der Waals surface area contributed by atoms with E-state index in [1.54, 1.807) is 0 Å². The Morgan fingerprint density at radius 3 is 3.07 bits per heavy atom. The fourth-order valence-electron chi connectivity index (χ4n) is 1.77. The zero-order valence-corrected chi connectivity index (χ0v) is 8.63. The second-order valence-corrected chi connectivity index (χ2v) is 3.77. The van der Waals surface area contributed by atoms with Gasteiger partial charge in [-0.3, -0.25) is 0 Å². The van der Waals surface area contributed by atoms with Gasteiger partial charge in [0.25, 0.3) is 0 Å². The molecule has 1 aliphatic rings. The van der Waals surface area contributed by atoms with Gasteiger partial charge >= 0.3 is 0 Å². The second-order valence-electron chi connectivity index (χ2n) is 3.77. The summed E-state index contributed by atoms with van der Waals surface area (Å²) in [5.74, 6) is 0.972. The topological polar surface area (TPSA) is 47.3 Å². The lowest BCUT2D eigenvalue weighted by Crippen LogP contribution is -2.28. The first-order valence-corrected chi connectivity index (χ1v) is 5.02. The number of nitrogens with two attached hydrogens (primary N) is 1. The molecule has 0 saturated heterocycles. The number of anilines is 2. The van der Waals surface area contributed by atoms with Crippen LogP contribution >= 0.6 is 0 Å². The van der Waals surface area contributed by atoms with Crippen molar-refractivity contribution in [3.63, 3.8) is 0 Å². The molecule has 14 heavy (non-hydrogen) atoms. The molecule has 0 aliphatic carbocycles. The Kier molecular flexibility index (Phi) is 2.23. The number of hydrogen-bond acceptors (Lipinski definition) is 3. The van der Waals surface area contributed by atoms with Crippen LogP contribution in [0, 0.1) is 0 Å². The molecule has 3 N–H and O–H groups in total. The van der Waals surface area contributed by atoms with E-state index in [-0.39, 0.29) is 0 Å². The van der Waals surface area contributed by atoms with E-state index in [1.807, 2.05) is 12.1 Å². The molecule has 0 bridgehead atoms. The SMILES string of the molecule is CCc1cc(N)cc2c1OCC(C)N2. The number of rotatable bonds is 1. The van der Waals surface area contributed by atoms with Gasteiger partial charge in [-0.05, 0) is 31.0 Å². The lowest BCUT2D eigenvalue weighted by Gasteiger charge is -2.26. The summed E-state index contributed by atoms with van der Waals surface area (Å²) in [5.41, 5.74) is 8.81. The number of benzene rings is 1. The molecule has 0 spiro atoms. The lowest BCUT2D eigenvalue weighted by atomic mass is 10.1. The van der Waals surface area contributed by atoms with E-state index in [0.717, 1.165) is 30.2 Å². The minimum absolute atomic E-state index is 0.356. The molecule has 1 aromatic rings. The van der Waals surface area contributed by atoms with Crippen LogP contribution < -0.4 is 15.8 Å². The van der Waals surface area contributed by atoms with Crippen molar-refractivity contribution in [2.75, 3.05) is 17.7 Å². The van der Waals surface area contributed by atoms with Crippen LogP contribution in [0.25, 0.3) is 0 Å². The fraction of sp³-hybridized carbons (Fsp3) is 0.455. The maximum Gasteiger partial charge on any atom is 0.145 e. The molecule has 0 saturated carbocycles. The average molecular weight is 192 g/mol. The number of aryl methyl sites for hydroxylation is 1. The van der Waals surface area contributed by atoms with Crippen molar-refractivity contribution in [3.05, 3.63) is 17.7 Å². The molecular formula is C11H16N2O. The summed E-state index contributed by atoms with van der Waals surface area (Å²) in [4.78, 5) is 0. The smallest absolute Gasteiger partial charge is 0.145 e. The highest BCUT2D eigenvalue weighted by molar-refractivity contribution is 5.68. The van der Waals surface area contributed by atoms with Crippen LogP contribution in [0.5, 0.6) is 5.75 Å². The number of fused-ring (bicyclic) bond motifs is 1. The predicted octanol–water partition coefficient (Wildman–Crippen LogP) is 2.02. The van der Waals surface area contributed by atoms with E-state index in [0.29, 0.717) is 6.04 Å². The summed E-state index contributed by atoms with van der Waals surface area (Å²) in [6, 6.07) is 4.27. The van der Waals surface area contributed by atoms with Gasteiger partial charge in [-0.25, -0.2) is 0 Å². The number of nitrogen functional groups attached to an aromatic ring is 1. The summed E-state index contributed by atoms with van der Waals surface area (Å²) in [6.45, 7) is 4.93. The Morgan fingerprint density at radius 1 is 1.57 bits per heavy atom. The second kappa shape index (κ2) is 3.40. The number of nitrogens with one attached hydrogen (secondary N) is 1. The molecule has 3 nitrogen and oxygen atoms in total. The molecule has 1 heterocycles. The Bertz CT molecular complexity index is 349. The first-order chi connectivity index (χ1) is 6.70. The van der Waals surface area contributed by atoms with Crippen molar-refractivity contribution >= 4 is 11.4 Å². The molecule has 76 valence electrons. The Hall–Kier alpha value is -1.38. The Labute approximate surface area is 84.3 Å². The molecule has 1 atom stereocenters. The minimum atomic E-state index is 0.356. The molecule has 1 unspecified atom stereocenters. The molecule has 3 heteroatoms. The van der Waals surface area contributed by atoms with Gasteiger partial charge in [0.2, 0.25) is 0 Å². The standard InChI is InChI=1S/C11H16N2O/c1-3-8-4-9(12)5-10-11(8)14-6-7(2)13-10/h4-5,7,13H,3,6,12H2,1-2H3. The summed E-state index contributed by atoms with van der Waals surface area (Å²) >= 11 is 0. The van der Waals surface area contributed by atoms with Crippen molar-refractivity contribution in [1.82, 2.24) is 0 Å². The number of hydrogen-bond donors (Lipinski definition) is 2. The third kappa shape index (κ3) is 1.50. The highest BCUT2D eigenvalue weighted by Crippen LogP contribution is 2.35. The van der Waals surface area contributed by atoms with Crippen LogP contribution in [-0.4, -0.2) is 12.6 Å². The van der Waals surface area contributed by atoms with E-state index in [4.69, 9.17) is 10.5 Å². The van der Waals surface area contributed by atoms with Crippen LogP contribution in [0.15, 0.2) is 12.1 Å². The van der Waals surface area contributed by atoms with Crippen molar-refractivity contribution in [3.8, 4) is 5.75 Å². The molecule has 0 amide bonds. The molecule has 1 aromatic carbocycles. The zero-order valence-electron chi connectivity index (χ0n) is 8.63. The Morgan fingerprint density at radius 2 is 2.36 bits per heavy atom. The van der Waals surface area contributed by atoms with E-state index in [2.05, 4.69) is 19.2 Å². The molecule has 2 rings (SSSR count). The van der Waals surface area contributed by atoms with Gasteiger partial charge in [0.15, 0.2) is 0 Å². The maximum absolute atomic E-state index is 5.81. The van der Waals surface area contributed by atoms with Crippen molar-refractivity contribution < 1.29 is 4.74 Å². The van der Waals surface area contributed by atoms with Gasteiger partial charge in [-0.15, -0.1) is 0 Å². The van der Waals surface area contributed by atoms with Crippen LogP contribution in [0.3, 0.4) is 0 Å². The van der Waals surface area contributed by atoms with E-state index >= 15 is 0 Å². The minimum Gasteiger partial charge on any atom is -0.489 e. The average Bonchev–Trinajstić information content (AvgIpc) is 2.15. The van der Waals surface area contributed by atoms with Crippen molar-refractivity contribution in [2.45, 2.75) is 26.3 Å². The molecule has 0 radical (unpaired) electrons. The largest absolute Gasteiger partial charge is 0.489 e. The molecular weight excluding hydrogens is 176 g/mol. The zero-order chi connectivity index (χ0) is 10.1. The van der Waals surface area contributed by atoms with Crippen molar-refractivity contribution in [1.29, 1.82) is 0 Å². The maximum atomic E-state index is 5.81. The fourth-order valence-corrected chi connectivity index (χ4v) is 1.77. The van der Waals surface area contributed by atoms with Gasteiger partial charge in [0, 0.05) is 5.69 Å². The van der Waals surface area contributed by atoms with Crippen LogP contribution in [0.4, 0.5) is 11.4 Å². The highest BCUT2D eigenvalue weighted by Gasteiger charge is 2.18. The highest BCUT2D eigenvalue weighted by atomic mass is 16.5. The normalized spacial score (nSPS) is 19.4. The quantitative estimate of drug-likeness (QED) is 0.669. The van der Waals surface area contributed by atoms with Crippen LogP contribution in [-0.2, 0) is 6.42 Å². The first kappa shape index (κ1) is 9.19. The Balaban J connectivity index is 2.46. The summed E-state index contributed by atoms with van der Waals surface area (Å²) in [7, 11) is 0. The van der Waals surface area contributed by atoms with E-state index in [1.165, 1.54) is 5.56 Å². The van der Waals surface area contributed by atoms with Gasteiger partial charge < -0.3 is 15.8 Å². The van der Waals surface area contributed by atoms with Gasteiger partial charge in [0.1, 0.15) is 12.4 Å². The van der Waals surface area contributed by atoms with Crippen LogP contribution in [0.1, 0.15) is 19.4 Å². The lowest BCUT2D eigenvalue weighted by molar-refractivity contribution is 0.289.